The minimum atomic E-state index is -1.42. The van der Waals surface area contributed by atoms with Gasteiger partial charge in [-0.15, -0.1) is 0 Å². The van der Waals surface area contributed by atoms with E-state index in [0.29, 0.717) is 6.08 Å². The van der Waals surface area contributed by atoms with Gasteiger partial charge < -0.3 is 14.6 Å². The predicted octanol–water partition coefficient (Wildman–Crippen LogP) is 0.637. The molecule has 1 N–H and O–H groups in total. The van der Waals surface area contributed by atoms with Crippen LogP contribution in [-0.2, 0) is 23.9 Å². The molecule has 0 aromatic heterocycles. The van der Waals surface area contributed by atoms with E-state index in [-0.39, 0.29) is 12.2 Å². The van der Waals surface area contributed by atoms with Gasteiger partial charge in [0.25, 0.3) is 0 Å². The van der Waals surface area contributed by atoms with Crippen molar-refractivity contribution in [2.24, 2.45) is 0 Å². The van der Waals surface area contributed by atoms with Gasteiger partial charge in [-0.1, -0.05) is 6.58 Å². The molecule has 16 heavy (non-hydrogen) atoms. The summed E-state index contributed by atoms with van der Waals surface area (Å²) in [5, 5.41) is 8.45. The first-order valence-electron chi connectivity index (χ1n) is 4.38. The second-order valence-electron chi connectivity index (χ2n) is 2.74. The van der Waals surface area contributed by atoms with Gasteiger partial charge in [-0.25, -0.2) is 14.4 Å². The molecule has 0 saturated carbocycles. The molecule has 0 atom stereocenters. The molecule has 0 spiro atoms. The maximum atomic E-state index is 11.2. The standard InChI is InChI=1S/C10H12O6/c1-4-15-10(14)7(5-8(11)12)16-9(13)6(2)3/h5H,2,4H2,1,3H3,(H,11,12)/b7-5+. The molecule has 0 aliphatic heterocycles. The molecule has 88 valence electrons. The van der Waals surface area contributed by atoms with E-state index in [1.807, 2.05) is 0 Å². The topological polar surface area (TPSA) is 89.9 Å². The molecule has 0 aliphatic carbocycles. The molecular formula is C10H12O6. The molecule has 0 aromatic carbocycles. The number of hydrogen-bond donors (Lipinski definition) is 1. The minimum absolute atomic E-state index is 0.0421. The van der Waals surface area contributed by atoms with Crippen LogP contribution in [0.15, 0.2) is 24.0 Å². The number of carbonyl (C=O) groups is 3. The van der Waals surface area contributed by atoms with Crippen molar-refractivity contribution in [1.82, 2.24) is 0 Å². The highest BCUT2D eigenvalue weighted by atomic mass is 16.6. The summed E-state index contributed by atoms with van der Waals surface area (Å²) in [6, 6.07) is 0. The minimum Gasteiger partial charge on any atom is -0.478 e. The fraction of sp³-hybridized carbons (Fsp3) is 0.300. The van der Waals surface area contributed by atoms with Crippen LogP contribution in [0.4, 0.5) is 0 Å². The Kier molecular flexibility index (Phi) is 5.55. The van der Waals surface area contributed by atoms with Crippen molar-refractivity contribution in [3.05, 3.63) is 24.0 Å². The average Bonchev–Trinajstić information content (AvgIpc) is 2.16. The highest BCUT2D eigenvalue weighted by Crippen LogP contribution is 2.05. The summed E-state index contributed by atoms with van der Waals surface area (Å²) < 4.78 is 9.01. The summed E-state index contributed by atoms with van der Waals surface area (Å²) in [7, 11) is 0. The van der Waals surface area contributed by atoms with Crippen molar-refractivity contribution in [2.45, 2.75) is 13.8 Å². The van der Waals surface area contributed by atoms with E-state index in [1.54, 1.807) is 0 Å². The Morgan fingerprint density at radius 2 is 1.88 bits per heavy atom. The Morgan fingerprint density at radius 1 is 1.31 bits per heavy atom. The highest BCUT2D eigenvalue weighted by molar-refractivity contribution is 5.98. The van der Waals surface area contributed by atoms with Crippen molar-refractivity contribution in [1.29, 1.82) is 0 Å². The molecule has 6 nitrogen and oxygen atoms in total. The molecule has 0 aromatic rings. The molecule has 0 radical (unpaired) electrons. The number of carbonyl (C=O) groups excluding carboxylic acids is 2. The van der Waals surface area contributed by atoms with Crippen LogP contribution in [0.3, 0.4) is 0 Å². The largest absolute Gasteiger partial charge is 0.478 e. The second kappa shape index (κ2) is 6.39. The Labute approximate surface area is 92.2 Å². The lowest BCUT2D eigenvalue weighted by Crippen LogP contribution is -2.16. The monoisotopic (exact) mass is 228 g/mol. The molecule has 0 aliphatic rings. The van der Waals surface area contributed by atoms with Crippen molar-refractivity contribution < 1.29 is 29.0 Å². The molecule has 0 rings (SSSR count). The van der Waals surface area contributed by atoms with E-state index in [1.165, 1.54) is 13.8 Å². The van der Waals surface area contributed by atoms with E-state index in [4.69, 9.17) is 5.11 Å². The fourth-order valence-electron chi connectivity index (χ4n) is 0.631. The number of rotatable bonds is 5. The maximum absolute atomic E-state index is 11.2. The Balaban J connectivity index is 4.83. The number of esters is 2. The van der Waals surface area contributed by atoms with E-state index >= 15 is 0 Å². The van der Waals surface area contributed by atoms with Gasteiger partial charge in [0.2, 0.25) is 5.76 Å². The first-order valence-corrected chi connectivity index (χ1v) is 4.38. The SMILES string of the molecule is C=C(C)C(=O)O/C(=C/C(=O)O)C(=O)OCC. The molecule has 0 unspecified atom stereocenters. The van der Waals surface area contributed by atoms with Crippen LogP contribution in [0.2, 0.25) is 0 Å². The fourth-order valence-corrected chi connectivity index (χ4v) is 0.631. The molecular weight excluding hydrogens is 216 g/mol. The summed E-state index contributed by atoms with van der Waals surface area (Å²) in [4.78, 5) is 32.6. The van der Waals surface area contributed by atoms with E-state index in [0.717, 1.165) is 0 Å². The predicted molar refractivity (Wildman–Crippen MR) is 53.3 cm³/mol. The van der Waals surface area contributed by atoms with Gasteiger partial charge in [-0.3, -0.25) is 0 Å². The third-order valence-corrected chi connectivity index (χ3v) is 1.28. The van der Waals surface area contributed by atoms with Crippen LogP contribution in [0, 0.1) is 0 Å². The quantitative estimate of drug-likeness (QED) is 0.422. The van der Waals surface area contributed by atoms with Crippen LogP contribution in [-0.4, -0.2) is 29.6 Å². The van der Waals surface area contributed by atoms with Gasteiger partial charge in [0.1, 0.15) is 0 Å². The zero-order valence-corrected chi connectivity index (χ0v) is 8.98. The summed E-state index contributed by atoms with van der Waals surface area (Å²) in [5.74, 6) is -4.00. The van der Waals surface area contributed by atoms with Crippen LogP contribution >= 0.6 is 0 Å². The number of ether oxygens (including phenoxy) is 2. The lowest BCUT2D eigenvalue weighted by molar-refractivity contribution is -0.149. The number of carboxylic acid groups (broad SMARTS) is 1. The second-order valence-corrected chi connectivity index (χ2v) is 2.74. The van der Waals surface area contributed by atoms with E-state index in [2.05, 4.69) is 16.1 Å². The molecule has 0 heterocycles. The number of hydrogen-bond acceptors (Lipinski definition) is 5. The first-order chi connectivity index (χ1) is 7.38. The van der Waals surface area contributed by atoms with Crippen LogP contribution in [0.1, 0.15) is 13.8 Å². The van der Waals surface area contributed by atoms with Gasteiger partial charge >= 0.3 is 17.9 Å². The summed E-state index contributed by atoms with van der Waals surface area (Å²) in [6.07, 6.45) is 0.457. The van der Waals surface area contributed by atoms with Gasteiger partial charge in [0.05, 0.1) is 12.7 Å². The summed E-state index contributed by atoms with van der Waals surface area (Å²) in [6.45, 7) is 6.24. The smallest absolute Gasteiger partial charge is 0.374 e. The van der Waals surface area contributed by atoms with Crippen molar-refractivity contribution in [2.75, 3.05) is 6.61 Å². The van der Waals surface area contributed by atoms with Crippen LogP contribution in [0.25, 0.3) is 0 Å². The molecule has 6 heteroatoms. The van der Waals surface area contributed by atoms with E-state index < -0.39 is 23.7 Å². The van der Waals surface area contributed by atoms with E-state index in [9.17, 15) is 14.4 Å². The summed E-state index contributed by atoms with van der Waals surface area (Å²) >= 11 is 0. The molecule has 0 fully saturated rings. The maximum Gasteiger partial charge on any atom is 0.374 e. The average molecular weight is 228 g/mol. The number of aliphatic carboxylic acids is 1. The number of carboxylic acids is 1. The lowest BCUT2D eigenvalue weighted by Gasteiger charge is -2.06. The third-order valence-electron chi connectivity index (χ3n) is 1.28. The Hall–Kier alpha value is -2.11. The molecule has 0 bridgehead atoms. The zero-order valence-electron chi connectivity index (χ0n) is 8.98. The zero-order chi connectivity index (χ0) is 12.7. The Bertz CT molecular complexity index is 352. The molecule has 0 saturated heterocycles. The van der Waals surface area contributed by atoms with Gasteiger partial charge in [-0.2, -0.15) is 0 Å². The third kappa shape index (κ3) is 4.94. The van der Waals surface area contributed by atoms with Gasteiger partial charge in [0.15, 0.2) is 0 Å². The molecule has 0 amide bonds. The summed E-state index contributed by atoms with van der Waals surface area (Å²) in [5.41, 5.74) is 0.0422. The lowest BCUT2D eigenvalue weighted by atomic mass is 10.3. The van der Waals surface area contributed by atoms with Crippen molar-refractivity contribution in [3.63, 3.8) is 0 Å². The normalized spacial score (nSPS) is 10.5. The van der Waals surface area contributed by atoms with Gasteiger partial charge in [0, 0.05) is 5.57 Å². The van der Waals surface area contributed by atoms with Crippen molar-refractivity contribution in [3.8, 4) is 0 Å². The van der Waals surface area contributed by atoms with Crippen molar-refractivity contribution >= 4 is 17.9 Å². The Morgan fingerprint density at radius 3 is 2.25 bits per heavy atom. The first kappa shape index (κ1) is 13.9. The highest BCUT2D eigenvalue weighted by Gasteiger charge is 2.18. The van der Waals surface area contributed by atoms with Crippen LogP contribution in [0.5, 0.6) is 0 Å². The van der Waals surface area contributed by atoms with Crippen LogP contribution < -0.4 is 0 Å². The van der Waals surface area contributed by atoms with Gasteiger partial charge in [-0.05, 0) is 13.8 Å².